The molecule has 5 rings (SSSR count). The highest BCUT2D eigenvalue weighted by Gasteiger charge is 2.48. The number of para-hydroxylation sites is 1. The van der Waals surface area contributed by atoms with Gasteiger partial charge < -0.3 is 25.3 Å². The molecule has 0 bridgehead atoms. The third-order valence-electron chi connectivity index (χ3n) is 8.39. The van der Waals surface area contributed by atoms with E-state index < -0.39 is 34.6 Å². The van der Waals surface area contributed by atoms with Gasteiger partial charge in [0.05, 0.1) is 0 Å². The Kier molecular flexibility index (Phi) is 7.64. The lowest BCUT2D eigenvalue weighted by atomic mass is 9.75. The predicted molar refractivity (Wildman–Crippen MR) is 160 cm³/mol. The molecule has 1 fully saturated rings. The number of likely N-dealkylation sites (tertiary alicyclic amines) is 1. The number of carbonyl (C=O) groups excluding carboxylic acids is 4. The van der Waals surface area contributed by atoms with E-state index in [0.29, 0.717) is 32.4 Å². The molecule has 1 saturated heterocycles. The third-order valence-corrected chi connectivity index (χ3v) is 8.39. The fraction of sp³-hybridized carbons (Fsp3) is 0.455. The number of hydrogen-bond acceptors (Lipinski definition) is 5. The Bertz CT molecular complexity index is 1520. The Morgan fingerprint density at radius 1 is 1.00 bits per heavy atom. The Balaban J connectivity index is 1.33. The van der Waals surface area contributed by atoms with E-state index in [9.17, 15) is 19.2 Å². The lowest BCUT2D eigenvalue weighted by Gasteiger charge is -2.40. The number of nitrogens with one attached hydrogen (secondary N) is 3. The second-order valence-corrected chi connectivity index (χ2v) is 13.1. The topological polar surface area (TPSA) is 121 Å². The summed E-state index contributed by atoms with van der Waals surface area (Å²) in [7, 11) is 0. The molecular formula is C33H40N4O5. The molecule has 0 unspecified atom stereocenters. The molecule has 9 nitrogen and oxygen atoms in total. The van der Waals surface area contributed by atoms with E-state index in [0.717, 1.165) is 27.6 Å². The number of alkyl carbamates (subject to hydrolysis) is 1. The summed E-state index contributed by atoms with van der Waals surface area (Å²) in [5, 5.41) is 6.53. The van der Waals surface area contributed by atoms with E-state index in [-0.39, 0.29) is 18.1 Å². The average Bonchev–Trinajstić information content (AvgIpc) is 3.45. The number of aromatic amines is 1. The second-order valence-electron chi connectivity index (χ2n) is 13.1. The number of piperidine rings is 1. The number of carbonyl (C=O) groups is 4. The molecule has 2 aromatic carbocycles. The molecule has 2 aliphatic rings. The Labute approximate surface area is 246 Å². The van der Waals surface area contributed by atoms with Gasteiger partial charge in [-0.3, -0.25) is 14.4 Å². The zero-order valence-electron chi connectivity index (χ0n) is 25.0. The van der Waals surface area contributed by atoms with Gasteiger partial charge in [-0.2, -0.15) is 0 Å². The quantitative estimate of drug-likeness (QED) is 0.400. The molecule has 0 radical (unpaired) electrons. The normalized spacial score (nSPS) is 17.2. The molecule has 222 valence electrons. The number of H-pyrrole nitrogens is 1. The highest BCUT2D eigenvalue weighted by molar-refractivity contribution is 6.05. The van der Waals surface area contributed by atoms with Crippen LogP contribution in [0.5, 0.6) is 0 Å². The van der Waals surface area contributed by atoms with Gasteiger partial charge in [-0.25, -0.2) is 4.79 Å². The third kappa shape index (κ3) is 5.91. The van der Waals surface area contributed by atoms with Crippen molar-refractivity contribution in [2.45, 2.75) is 77.5 Å². The molecule has 0 saturated carbocycles. The van der Waals surface area contributed by atoms with Gasteiger partial charge in [0.2, 0.25) is 11.8 Å². The van der Waals surface area contributed by atoms with E-state index >= 15 is 0 Å². The van der Waals surface area contributed by atoms with Gasteiger partial charge in [-0.15, -0.1) is 0 Å². The van der Waals surface area contributed by atoms with Crippen LogP contribution in [0.25, 0.3) is 10.9 Å². The number of hydrogen-bond donors (Lipinski definition) is 3. The summed E-state index contributed by atoms with van der Waals surface area (Å²) in [5.41, 5.74) is 1.17. The summed E-state index contributed by atoms with van der Waals surface area (Å²) in [6, 6.07) is 14.7. The van der Waals surface area contributed by atoms with E-state index in [1.165, 1.54) is 0 Å². The standard InChI is InChI=1S/C33H40N4O5/c1-31(2,3)42-30(41)36-32(4,5)29(40)35-26(18-22-20-34-25-13-9-8-11-23(22)25)28(39)37-16-14-33(15-17-37)19-21-10-6-7-12-24(21)27(33)38/h6-13,20,26,34H,14-19H2,1-5H3,(H,35,40)(H,36,41)/t26-/m1/s1. The predicted octanol–water partition coefficient (Wildman–Crippen LogP) is 4.55. The van der Waals surface area contributed by atoms with Crippen LogP contribution in [0, 0.1) is 5.41 Å². The maximum Gasteiger partial charge on any atom is 0.408 e. The van der Waals surface area contributed by atoms with Gasteiger partial charge in [0.1, 0.15) is 17.2 Å². The SMILES string of the molecule is CC(C)(C)OC(=O)NC(C)(C)C(=O)N[C@H](Cc1c[nH]c2ccccc12)C(=O)N1CCC2(CC1)Cc1ccccc1C2=O. The average molecular weight is 573 g/mol. The zero-order chi connectivity index (χ0) is 30.3. The van der Waals surface area contributed by atoms with Crippen molar-refractivity contribution in [3.05, 3.63) is 71.4 Å². The molecule has 1 aromatic heterocycles. The van der Waals surface area contributed by atoms with Crippen LogP contribution in [-0.2, 0) is 27.2 Å². The minimum Gasteiger partial charge on any atom is -0.444 e. The fourth-order valence-electron chi connectivity index (χ4n) is 6.08. The lowest BCUT2D eigenvalue weighted by Crippen LogP contribution is -2.60. The van der Waals surface area contributed by atoms with Crippen LogP contribution >= 0.6 is 0 Å². The molecule has 3 amide bonds. The molecule has 2 heterocycles. The monoisotopic (exact) mass is 572 g/mol. The largest absolute Gasteiger partial charge is 0.444 e. The number of fused-ring (bicyclic) bond motifs is 2. The van der Waals surface area contributed by atoms with Crippen LogP contribution in [0.3, 0.4) is 0 Å². The molecule has 9 heteroatoms. The molecule has 1 spiro atoms. The number of Topliss-reactive ketones (excluding diaryl/α,β-unsaturated/α-hetero) is 1. The Morgan fingerprint density at radius 2 is 1.67 bits per heavy atom. The van der Waals surface area contributed by atoms with Crippen molar-refractivity contribution in [3.8, 4) is 0 Å². The van der Waals surface area contributed by atoms with Crippen molar-refractivity contribution in [1.29, 1.82) is 0 Å². The molecule has 1 aliphatic carbocycles. The van der Waals surface area contributed by atoms with Crippen molar-refractivity contribution < 1.29 is 23.9 Å². The number of rotatable bonds is 6. The molecular weight excluding hydrogens is 532 g/mol. The minimum absolute atomic E-state index is 0.170. The molecule has 3 N–H and O–H groups in total. The highest BCUT2D eigenvalue weighted by Crippen LogP contribution is 2.44. The summed E-state index contributed by atoms with van der Waals surface area (Å²) in [6.07, 6.45) is 3.26. The first-order valence-electron chi connectivity index (χ1n) is 14.6. The first-order valence-corrected chi connectivity index (χ1v) is 14.6. The maximum absolute atomic E-state index is 14.0. The van der Waals surface area contributed by atoms with Crippen molar-refractivity contribution in [3.63, 3.8) is 0 Å². The summed E-state index contributed by atoms with van der Waals surface area (Å²) >= 11 is 0. The summed E-state index contributed by atoms with van der Waals surface area (Å²) < 4.78 is 5.35. The number of ether oxygens (including phenoxy) is 1. The molecule has 1 aliphatic heterocycles. The highest BCUT2D eigenvalue weighted by atomic mass is 16.6. The van der Waals surface area contributed by atoms with Crippen LogP contribution in [0.15, 0.2) is 54.7 Å². The van der Waals surface area contributed by atoms with Crippen LogP contribution in [0.1, 0.15) is 68.9 Å². The number of aromatic nitrogens is 1. The van der Waals surface area contributed by atoms with E-state index in [4.69, 9.17) is 4.74 Å². The molecule has 1 atom stereocenters. The van der Waals surface area contributed by atoms with E-state index in [2.05, 4.69) is 15.6 Å². The zero-order valence-corrected chi connectivity index (χ0v) is 25.0. The van der Waals surface area contributed by atoms with E-state index in [1.54, 1.807) is 39.5 Å². The van der Waals surface area contributed by atoms with Crippen LogP contribution in [-0.4, -0.2) is 63.8 Å². The minimum atomic E-state index is -1.34. The van der Waals surface area contributed by atoms with Gasteiger partial charge in [-0.1, -0.05) is 42.5 Å². The second kappa shape index (κ2) is 10.9. The van der Waals surface area contributed by atoms with Gasteiger partial charge in [0, 0.05) is 47.6 Å². The number of nitrogens with zero attached hydrogens (tertiary/aromatic N) is 1. The van der Waals surface area contributed by atoms with E-state index in [1.807, 2.05) is 54.7 Å². The van der Waals surface area contributed by atoms with Gasteiger partial charge >= 0.3 is 6.09 Å². The lowest BCUT2D eigenvalue weighted by molar-refractivity contribution is -0.139. The molecule has 3 aromatic rings. The number of benzene rings is 2. The first kappa shape index (κ1) is 29.4. The van der Waals surface area contributed by atoms with Crippen molar-refractivity contribution in [2.24, 2.45) is 5.41 Å². The van der Waals surface area contributed by atoms with Crippen LogP contribution in [0.2, 0.25) is 0 Å². The van der Waals surface area contributed by atoms with Crippen LogP contribution < -0.4 is 10.6 Å². The van der Waals surface area contributed by atoms with Crippen molar-refractivity contribution in [1.82, 2.24) is 20.5 Å². The van der Waals surface area contributed by atoms with Crippen molar-refractivity contribution in [2.75, 3.05) is 13.1 Å². The van der Waals surface area contributed by atoms with Gasteiger partial charge in [0.25, 0.3) is 0 Å². The molecule has 42 heavy (non-hydrogen) atoms. The summed E-state index contributed by atoms with van der Waals surface area (Å²) in [6.45, 7) is 9.25. The van der Waals surface area contributed by atoms with Gasteiger partial charge in [0.15, 0.2) is 5.78 Å². The Hall–Kier alpha value is -4.14. The summed E-state index contributed by atoms with van der Waals surface area (Å²) in [5.74, 6) is -0.537. The van der Waals surface area contributed by atoms with Crippen LogP contribution in [0.4, 0.5) is 4.79 Å². The van der Waals surface area contributed by atoms with Crippen molar-refractivity contribution >= 4 is 34.6 Å². The smallest absolute Gasteiger partial charge is 0.408 e. The number of ketones is 1. The van der Waals surface area contributed by atoms with Gasteiger partial charge in [-0.05, 0) is 71.1 Å². The number of amides is 3. The Morgan fingerprint density at radius 3 is 2.36 bits per heavy atom. The fourth-order valence-corrected chi connectivity index (χ4v) is 6.08. The summed E-state index contributed by atoms with van der Waals surface area (Å²) in [4.78, 5) is 58.4. The first-order chi connectivity index (χ1) is 19.8. The maximum atomic E-state index is 14.0.